The summed E-state index contributed by atoms with van der Waals surface area (Å²) in [4.78, 5) is 6.13. The Bertz CT molecular complexity index is 373. The van der Waals surface area contributed by atoms with Crippen LogP contribution in [0, 0.1) is 0 Å². The van der Waals surface area contributed by atoms with Crippen LogP contribution in [0.4, 0.5) is 0 Å². The van der Waals surface area contributed by atoms with Crippen LogP contribution in [0.25, 0.3) is 0 Å². The molecule has 2 rings (SSSR count). The van der Waals surface area contributed by atoms with Crippen molar-refractivity contribution in [1.82, 2.24) is 14.7 Å². The molecule has 0 saturated carbocycles. The van der Waals surface area contributed by atoms with Crippen LogP contribution < -0.4 is 5.73 Å². The molecule has 0 spiro atoms. The van der Waals surface area contributed by atoms with Crippen LogP contribution in [0.1, 0.15) is 17.9 Å². The number of aromatic nitrogens is 2. The molecule has 2 N–H and O–H groups in total. The monoisotopic (exact) mass is 335 g/mol. The number of halogens is 1. The number of aryl methyl sites for hydroxylation is 1. The first kappa shape index (κ1) is 13.3. The van der Waals surface area contributed by atoms with E-state index in [1.807, 2.05) is 17.9 Å². The predicted octanol–water partition coefficient (Wildman–Crippen LogP) is 0.772. The van der Waals surface area contributed by atoms with Crippen LogP contribution in [0.3, 0.4) is 0 Å². The van der Waals surface area contributed by atoms with E-state index in [9.17, 15) is 0 Å². The van der Waals surface area contributed by atoms with E-state index in [-0.39, 0.29) is 24.0 Å². The average Bonchev–Trinajstić information content (AvgIpc) is 2.84. The lowest BCUT2D eigenvalue weighted by Crippen LogP contribution is -2.35. The normalized spacial score (nSPS) is 21.0. The van der Waals surface area contributed by atoms with Crippen molar-refractivity contribution in [3.05, 3.63) is 18.0 Å². The van der Waals surface area contributed by atoms with Crippen LogP contribution in [0.5, 0.6) is 0 Å². The number of aliphatic imine (C=N–C) groups is 1. The van der Waals surface area contributed by atoms with E-state index in [2.05, 4.69) is 21.2 Å². The van der Waals surface area contributed by atoms with Crippen molar-refractivity contribution in [3.8, 4) is 0 Å². The van der Waals surface area contributed by atoms with Crippen molar-refractivity contribution in [2.45, 2.75) is 12.3 Å². The summed E-state index contributed by atoms with van der Waals surface area (Å²) in [6, 6.07) is 0. The second kappa shape index (κ2) is 5.51. The highest BCUT2D eigenvalue weighted by Crippen LogP contribution is 2.26. The van der Waals surface area contributed by atoms with Gasteiger partial charge in [-0.3, -0.25) is 9.67 Å². The minimum absolute atomic E-state index is 0. The summed E-state index contributed by atoms with van der Waals surface area (Å²) in [6.45, 7) is 1.94. The molecule has 16 heavy (non-hydrogen) atoms. The van der Waals surface area contributed by atoms with E-state index in [0.717, 1.165) is 19.5 Å². The molecule has 0 radical (unpaired) electrons. The maximum atomic E-state index is 5.78. The largest absolute Gasteiger partial charge is 0.370 e. The lowest BCUT2D eigenvalue weighted by atomic mass is 10.0. The van der Waals surface area contributed by atoms with Gasteiger partial charge in [0.1, 0.15) is 0 Å². The van der Waals surface area contributed by atoms with Crippen LogP contribution in [-0.2, 0) is 7.05 Å². The van der Waals surface area contributed by atoms with E-state index in [4.69, 9.17) is 5.73 Å². The van der Waals surface area contributed by atoms with Crippen LogP contribution in [-0.4, -0.2) is 40.8 Å². The van der Waals surface area contributed by atoms with E-state index in [1.165, 1.54) is 5.56 Å². The van der Waals surface area contributed by atoms with E-state index in [0.29, 0.717) is 11.9 Å². The third-order valence-electron chi connectivity index (χ3n) is 2.94. The first-order chi connectivity index (χ1) is 7.20. The van der Waals surface area contributed by atoms with Crippen molar-refractivity contribution in [2.24, 2.45) is 17.8 Å². The number of nitrogens with zero attached hydrogens (tertiary/aromatic N) is 4. The maximum Gasteiger partial charge on any atom is 0.190 e. The number of likely N-dealkylation sites (tertiary alicyclic amines) is 1. The van der Waals surface area contributed by atoms with Gasteiger partial charge >= 0.3 is 0 Å². The highest BCUT2D eigenvalue weighted by Gasteiger charge is 2.25. The van der Waals surface area contributed by atoms with Gasteiger partial charge in [-0.2, -0.15) is 5.10 Å². The molecular weight excluding hydrogens is 317 g/mol. The number of hydrogen-bond donors (Lipinski definition) is 1. The fourth-order valence-electron chi connectivity index (χ4n) is 2.03. The van der Waals surface area contributed by atoms with E-state index >= 15 is 0 Å². The second-order valence-corrected chi connectivity index (χ2v) is 3.96. The maximum absolute atomic E-state index is 5.78. The SMILES string of the molecule is CN=C(N)N1CCC(c2cnn(C)c2)C1.I. The first-order valence-corrected chi connectivity index (χ1v) is 5.16. The first-order valence-electron chi connectivity index (χ1n) is 5.16. The molecule has 2 heterocycles. The summed E-state index contributed by atoms with van der Waals surface area (Å²) in [5, 5.41) is 4.19. The summed E-state index contributed by atoms with van der Waals surface area (Å²) in [5.74, 6) is 1.18. The van der Waals surface area contributed by atoms with Gasteiger partial charge in [0, 0.05) is 39.3 Å². The highest BCUT2D eigenvalue weighted by molar-refractivity contribution is 14.0. The minimum atomic E-state index is 0. The van der Waals surface area contributed by atoms with Gasteiger partial charge in [0.05, 0.1) is 6.20 Å². The fourth-order valence-corrected chi connectivity index (χ4v) is 2.03. The van der Waals surface area contributed by atoms with Gasteiger partial charge in [-0.15, -0.1) is 24.0 Å². The zero-order valence-electron chi connectivity index (χ0n) is 9.63. The van der Waals surface area contributed by atoms with Crippen LogP contribution in [0.2, 0.25) is 0 Å². The summed E-state index contributed by atoms with van der Waals surface area (Å²) >= 11 is 0. The molecular formula is C10H18IN5. The molecule has 0 bridgehead atoms. The molecule has 1 aliphatic rings. The number of rotatable bonds is 1. The molecule has 1 aromatic heterocycles. The van der Waals surface area contributed by atoms with Gasteiger partial charge in [0.2, 0.25) is 0 Å². The quantitative estimate of drug-likeness (QED) is 0.469. The Morgan fingerprint density at radius 3 is 2.94 bits per heavy atom. The van der Waals surface area contributed by atoms with Crippen molar-refractivity contribution in [2.75, 3.05) is 20.1 Å². The molecule has 0 aromatic carbocycles. The van der Waals surface area contributed by atoms with Gasteiger partial charge < -0.3 is 10.6 Å². The summed E-state index contributed by atoms with van der Waals surface area (Å²) < 4.78 is 1.84. The zero-order valence-corrected chi connectivity index (χ0v) is 12.0. The van der Waals surface area contributed by atoms with Gasteiger partial charge in [-0.25, -0.2) is 0 Å². The molecule has 1 saturated heterocycles. The van der Waals surface area contributed by atoms with Crippen molar-refractivity contribution in [3.63, 3.8) is 0 Å². The van der Waals surface area contributed by atoms with Crippen LogP contribution in [0.15, 0.2) is 17.4 Å². The highest BCUT2D eigenvalue weighted by atomic mass is 127. The third-order valence-corrected chi connectivity index (χ3v) is 2.94. The Labute approximate surface area is 113 Å². The van der Waals surface area contributed by atoms with Crippen molar-refractivity contribution >= 4 is 29.9 Å². The molecule has 90 valence electrons. The molecule has 1 atom stereocenters. The van der Waals surface area contributed by atoms with Gasteiger partial charge in [0.25, 0.3) is 0 Å². The minimum Gasteiger partial charge on any atom is -0.370 e. The van der Waals surface area contributed by atoms with Crippen molar-refractivity contribution < 1.29 is 0 Å². The molecule has 1 aromatic rings. The Balaban J connectivity index is 0.00000128. The van der Waals surface area contributed by atoms with Crippen molar-refractivity contribution in [1.29, 1.82) is 0 Å². The molecule has 1 aliphatic heterocycles. The van der Waals surface area contributed by atoms with Gasteiger partial charge in [0.15, 0.2) is 5.96 Å². The van der Waals surface area contributed by atoms with E-state index < -0.39 is 0 Å². The number of nitrogens with two attached hydrogens (primary N) is 1. The predicted molar refractivity (Wildman–Crippen MR) is 75.1 cm³/mol. The topological polar surface area (TPSA) is 59.4 Å². The molecule has 5 nitrogen and oxygen atoms in total. The Hall–Kier alpha value is -0.790. The summed E-state index contributed by atoms with van der Waals surface area (Å²) in [7, 11) is 3.67. The molecule has 6 heteroatoms. The molecule has 0 amide bonds. The van der Waals surface area contributed by atoms with Gasteiger partial charge in [-0.05, 0) is 12.0 Å². The fraction of sp³-hybridized carbons (Fsp3) is 0.600. The number of guanidine groups is 1. The lowest BCUT2D eigenvalue weighted by Gasteiger charge is -2.16. The second-order valence-electron chi connectivity index (χ2n) is 3.96. The summed E-state index contributed by atoms with van der Waals surface area (Å²) in [6.07, 6.45) is 5.14. The Morgan fingerprint density at radius 1 is 1.62 bits per heavy atom. The molecule has 1 fully saturated rings. The zero-order chi connectivity index (χ0) is 10.8. The lowest BCUT2D eigenvalue weighted by molar-refractivity contribution is 0.503. The standard InChI is InChI=1S/C10H17N5.HI/c1-12-10(11)15-4-3-8(7-15)9-5-13-14(2)6-9;/h5-6,8H,3-4,7H2,1-2H3,(H2,11,12);1H. The molecule has 1 unspecified atom stereocenters. The van der Waals surface area contributed by atoms with Gasteiger partial charge in [-0.1, -0.05) is 0 Å². The average molecular weight is 335 g/mol. The summed E-state index contributed by atoms with van der Waals surface area (Å²) in [5.41, 5.74) is 7.07. The van der Waals surface area contributed by atoms with E-state index in [1.54, 1.807) is 7.05 Å². The smallest absolute Gasteiger partial charge is 0.190 e. The Kier molecular flexibility index (Phi) is 4.57. The van der Waals surface area contributed by atoms with Crippen LogP contribution >= 0.6 is 24.0 Å². The number of hydrogen-bond acceptors (Lipinski definition) is 2. The third kappa shape index (κ3) is 2.66. The Morgan fingerprint density at radius 2 is 2.38 bits per heavy atom. The molecule has 0 aliphatic carbocycles.